The van der Waals surface area contributed by atoms with Crippen molar-refractivity contribution < 1.29 is 71.8 Å². The molecule has 5 saturated heterocycles. The van der Waals surface area contributed by atoms with Gasteiger partial charge in [0, 0.05) is 119 Å². The Labute approximate surface area is 656 Å². The first-order valence-electron chi connectivity index (χ1n) is 36.8. The summed E-state index contributed by atoms with van der Waals surface area (Å²) >= 11 is 5.35. The molecule has 4 aromatic heterocycles. The first-order chi connectivity index (χ1) is 50.6. The van der Waals surface area contributed by atoms with Gasteiger partial charge in [-0.25, -0.2) is 19.6 Å². The number of H-pyrrole nitrogens is 2. The van der Waals surface area contributed by atoms with E-state index >= 15 is 0 Å². The quantitative estimate of drug-likeness (QED) is 0.0271. The fraction of sp³-hybridized carbons (Fsp3) is 0.658. The molecule has 606 valence electrons. The van der Waals surface area contributed by atoms with Gasteiger partial charge in [0.05, 0.1) is 82.4 Å². The zero-order valence-electron chi connectivity index (χ0n) is 65.7. The summed E-state index contributed by atoms with van der Waals surface area (Å²) in [6.07, 6.45) is 9.96. The Kier molecular flexibility index (Phi) is 36.0. The Morgan fingerprint density at radius 2 is 1.17 bits per heavy atom. The Morgan fingerprint density at radius 1 is 0.639 bits per heavy atom. The fourth-order valence-corrected chi connectivity index (χ4v) is 17.3. The van der Waals surface area contributed by atoms with Crippen molar-refractivity contribution in [2.45, 2.75) is 174 Å². The number of aliphatic hydroxyl groups excluding tert-OH is 6. The number of nitrogens with zero attached hydrogens (tertiary/aromatic N) is 8. The Balaban J connectivity index is 0.000000223. The van der Waals surface area contributed by atoms with Gasteiger partial charge in [-0.15, -0.1) is 12.4 Å². The number of fused-ring (bicyclic) bond motifs is 2. The number of halogens is 1. The highest BCUT2D eigenvalue weighted by atomic mass is 35.5. The summed E-state index contributed by atoms with van der Waals surface area (Å²) in [5.74, 6) is 4.17. The molecule has 0 unspecified atom stereocenters. The molecule has 0 saturated carbocycles. The molecular weight excluding hydrogens is 1490 g/mol. The number of aromatic amines is 2. The van der Waals surface area contributed by atoms with E-state index in [-0.39, 0.29) is 97.7 Å². The summed E-state index contributed by atoms with van der Waals surface area (Å²) in [6.45, 7) is 30.6. The van der Waals surface area contributed by atoms with Crippen LogP contribution in [0.4, 0.5) is 9.59 Å². The number of hydrogen-bond donors (Lipinski definition) is 9. The fourth-order valence-electron chi connectivity index (χ4n) is 13.4. The van der Waals surface area contributed by atoms with E-state index in [1.54, 1.807) is 83.9 Å². The van der Waals surface area contributed by atoms with Crippen LogP contribution >= 0.6 is 47.7 Å². The molecule has 27 nitrogen and oxygen atoms in total. The average Bonchev–Trinajstić information content (AvgIpc) is 1.17. The van der Waals surface area contributed by atoms with E-state index in [1.165, 1.54) is 22.5 Å². The minimum absolute atomic E-state index is 0. The highest BCUT2D eigenvalue weighted by Gasteiger charge is 2.40. The molecule has 0 aliphatic carbocycles. The number of hydrogen-bond acceptors (Lipinski definition) is 25. The van der Waals surface area contributed by atoms with Crippen molar-refractivity contribution in [3.8, 4) is 5.88 Å². The minimum atomic E-state index is -4.08. The van der Waals surface area contributed by atoms with E-state index in [9.17, 15) is 48.3 Å². The van der Waals surface area contributed by atoms with E-state index in [2.05, 4.69) is 78.8 Å². The van der Waals surface area contributed by atoms with Crippen LogP contribution in [0.3, 0.4) is 0 Å². The Bertz CT molecular complexity index is 3910. The van der Waals surface area contributed by atoms with Crippen LogP contribution in [0, 0.1) is 29.6 Å². The lowest BCUT2D eigenvalue weighted by Crippen LogP contribution is -2.36. The molecule has 9 N–H and O–H groups in total. The molecule has 108 heavy (non-hydrogen) atoms. The number of ether oxygens (including phenoxy) is 4. The molecule has 2 amide bonds. The standard InChI is InChI=1S/C25H41NO6S.C22H28N4O3S.C13H18N4O2S.C10H19NO4.C6H13NOS.ClH/c1-15(2)18-10-20(16(3)4)23(21(11-18)17(5)6)33(29,30)31-14-19-12-26(13-22(19)27)24(28)32-25(7,8)9;1-28-22-21-20(23-14-24-22)17(8-25-9-18(13-30-2)19(27)11-25)10-26(21)15-29-12-16-6-4-3-5-7-16;1-20-6-9-4-17(5-10(9)18)3-8-2-14-12-11(8)15-7-16-13(12)19;1-10(2,3)15-9(14)11-4-7(6-12)8(13)5-11;1-9-4-5-2-7-3-6(5)8;/h10-11,15-17,19,22,27H,12-14H2,1-9H3;3-7,10,14,18-19,27H,8-9,11-13,15H2,1-2H3;2,7,9-10,14,18H,3-6H2,1H3,(H,15,16,19);7-8,12-13H,4-6H2,1-3H3;5-8H,2-4H2,1H3;1H/t19-,22-;18-,19-;9-,10-;7-,8-;5-,6-;/m11111./s1. The maximum absolute atomic E-state index is 13.4. The van der Waals surface area contributed by atoms with Gasteiger partial charge < -0.3 is 79.2 Å². The number of aromatic nitrogens is 6. The van der Waals surface area contributed by atoms with Crippen molar-refractivity contribution in [3.05, 3.63) is 111 Å². The number of β-amino-alcohol motifs (C(OH)–C–C–N with tert-alkyl or cyclic N) is 5. The SMILES string of the molecule is CC(C)(C)OC(=O)N1C[C@H](CO)[C@H](O)C1.CC(C)c1cc(C(C)C)c(S(=O)(=O)OC[C@H]2CN(C(=O)OC(C)(C)C)C[C@H]2O)c(C(C)C)c1.COc1ncnc2c(CN3C[C@H](CSC)[C@H](O)C3)cn(COCc3ccccc3)c12.CSC[C@H]1CN(Cc2c[nH]c3c(=O)[nH]cnc23)C[C@H]1O.CSC[C@H]1CNC[C@H]1O.Cl. The van der Waals surface area contributed by atoms with Crippen LogP contribution in [0.1, 0.15) is 134 Å². The summed E-state index contributed by atoms with van der Waals surface area (Å²) < 4.78 is 56.3. The van der Waals surface area contributed by atoms with Gasteiger partial charge in [0.25, 0.3) is 15.7 Å². The van der Waals surface area contributed by atoms with Crippen LogP contribution in [0.15, 0.2) is 77.2 Å². The molecule has 32 heteroatoms. The second-order valence-electron chi connectivity index (χ2n) is 31.2. The third-order valence-corrected chi connectivity index (χ3v) is 22.8. The molecule has 11 rings (SSSR count). The zero-order valence-corrected chi connectivity index (χ0v) is 69.8. The van der Waals surface area contributed by atoms with Gasteiger partial charge >= 0.3 is 12.2 Å². The lowest BCUT2D eigenvalue weighted by atomic mass is 9.89. The maximum atomic E-state index is 13.4. The van der Waals surface area contributed by atoms with Crippen LogP contribution in [0.5, 0.6) is 5.88 Å². The monoisotopic (exact) mass is 1610 g/mol. The molecule has 6 aromatic rings. The number of likely N-dealkylation sites (tertiary alicyclic amines) is 4. The van der Waals surface area contributed by atoms with Crippen LogP contribution < -0.4 is 15.6 Å². The third-order valence-electron chi connectivity index (χ3n) is 19.1. The van der Waals surface area contributed by atoms with Gasteiger partial charge in [-0.1, -0.05) is 84.0 Å². The van der Waals surface area contributed by atoms with Gasteiger partial charge in [0.1, 0.15) is 45.7 Å². The maximum Gasteiger partial charge on any atom is 0.410 e. The van der Waals surface area contributed by atoms with Crippen LogP contribution in [-0.2, 0) is 54.9 Å². The molecule has 0 radical (unpaired) electrons. The summed E-state index contributed by atoms with van der Waals surface area (Å²) in [7, 11) is -2.46. The van der Waals surface area contributed by atoms with Crippen molar-refractivity contribution in [1.29, 1.82) is 0 Å². The number of aliphatic hydroxyl groups is 6. The zero-order chi connectivity index (χ0) is 78.7. The smallest absolute Gasteiger partial charge is 0.410 e. The number of benzene rings is 2. The lowest BCUT2D eigenvalue weighted by Gasteiger charge is -2.24. The highest BCUT2D eigenvalue weighted by molar-refractivity contribution is 7.99. The molecule has 5 fully saturated rings. The number of amides is 2. The number of carbonyl (C=O) groups is 2. The number of thioether (sulfide) groups is 3. The number of rotatable bonds is 23. The Morgan fingerprint density at radius 3 is 1.66 bits per heavy atom. The van der Waals surface area contributed by atoms with Gasteiger partial charge in [-0.2, -0.15) is 48.7 Å². The van der Waals surface area contributed by atoms with Crippen molar-refractivity contribution in [1.82, 2.24) is 54.4 Å². The van der Waals surface area contributed by atoms with Gasteiger partial charge in [0.2, 0.25) is 5.88 Å². The number of nitrogens with one attached hydrogen (secondary N) is 3. The molecule has 10 atom stereocenters. The normalized spacial score (nSPS) is 22.5. The Hall–Kier alpha value is -5.33. The van der Waals surface area contributed by atoms with E-state index in [0.29, 0.717) is 68.7 Å². The van der Waals surface area contributed by atoms with E-state index in [4.69, 9.17) is 28.2 Å². The summed E-state index contributed by atoms with van der Waals surface area (Å²) in [4.78, 5) is 61.7. The molecule has 2 aromatic carbocycles. The van der Waals surface area contributed by atoms with Gasteiger partial charge in [-0.05, 0) is 118 Å². The first kappa shape index (κ1) is 91.5. The second-order valence-corrected chi connectivity index (χ2v) is 35.5. The van der Waals surface area contributed by atoms with Crippen molar-refractivity contribution >= 4 is 92.1 Å². The van der Waals surface area contributed by atoms with Gasteiger partial charge in [-0.3, -0.25) is 18.8 Å². The van der Waals surface area contributed by atoms with Gasteiger partial charge in [0.15, 0.2) is 0 Å². The largest absolute Gasteiger partial charge is 0.479 e. The van der Waals surface area contributed by atoms with E-state index < -0.39 is 51.6 Å². The molecule has 0 bridgehead atoms. The van der Waals surface area contributed by atoms with Crippen molar-refractivity contribution in [2.24, 2.45) is 29.6 Å². The molecule has 5 aliphatic heterocycles. The summed E-state index contributed by atoms with van der Waals surface area (Å²) in [5, 5.41) is 61.7. The summed E-state index contributed by atoms with van der Waals surface area (Å²) in [5.41, 5.74) is 7.42. The molecule has 9 heterocycles. The molecule has 5 aliphatic rings. The van der Waals surface area contributed by atoms with E-state index in [1.807, 2.05) is 80.9 Å². The second kappa shape index (κ2) is 42.5. The topological polar surface area (TPSA) is 353 Å². The highest BCUT2D eigenvalue weighted by Crippen LogP contribution is 2.37. The third kappa shape index (κ3) is 26.4. The average molecular weight is 1610 g/mol. The summed E-state index contributed by atoms with van der Waals surface area (Å²) in [6, 6.07) is 14.0. The van der Waals surface area contributed by atoms with Crippen LogP contribution in [0.25, 0.3) is 22.1 Å². The molecular formula is C76H120ClN11O16S4. The van der Waals surface area contributed by atoms with Crippen molar-refractivity contribution in [3.63, 3.8) is 0 Å². The minimum Gasteiger partial charge on any atom is -0.479 e. The first-order valence-corrected chi connectivity index (χ1v) is 42.4. The van der Waals surface area contributed by atoms with E-state index in [0.717, 1.165) is 99.9 Å². The van der Waals surface area contributed by atoms with Crippen LogP contribution in [0.2, 0.25) is 0 Å². The number of carbonyl (C=O) groups excluding carboxylic acids is 2. The van der Waals surface area contributed by atoms with Crippen LogP contribution in [-0.4, -0.2) is 264 Å². The number of methoxy groups -OCH3 is 1. The lowest BCUT2D eigenvalue weighted by molar-refractivity contribution is 0.0260. The molecule has 0 spiro atoms. The predicted octanol–water partition coefficient (Wildman–Crippen LogP) is 8.72. The predicted molar refractivity (Wildman–Crippen MR) is 430 cm³/mol. The van der Waals surface area contributed by atoms with Crippen molar-refractivity contribution in [2.75, 3.05) is 122 Å².